The molecule has 1 spiro atoms. The SMILES string of the molecule is CCOC(=O)CN1Cc2ccc(C#Cc3ccc(OCC)cc3)cc2C2(CC2)C1. The van der Waals surface area contributed by atoms with E-state index in [9.17, 15) is 4.79 Å². The number of benzene rings is 2. The van der Waals surface area contributed by atoms with Crippen LogP contribution in [0.4, 0.5) is 0 Å². The van der Waals surface area contributed by atoms with E-state index in [1.807, 2.05) is 38.1 Å². The largest absolute Gasteiger partial charge is 0.494 e. The summed E-state index contributed by atoms with van der Waals surface area (Å²) in [6, 6.07) is 14.4. The molecule has 1 fully saturated rings. The third kappa shape index (κ3) is 4.46. The Bertz CT molecular complexity index is 948. The molecular weight excluding hydrogens is 362 g/mol. The molecule has 2 aromatic rings. The topological polar surface area (TPSA) is 38.8 Å². The smallest absolute Gasteiger partial charge is 0.320 e. The summed E-state index contributed by atoms with van der Waals surface area (Å²) in [4.78, 5) is 14.1. The summed E-state index contributed by atoms with van der Waals surface area (Å²) in [5, 5.41) is 0. The van der Waals surface area contributed by atoms with Crippen molar-refractivity contribution < 1.29 is 14.3 Å². The summed E-state index contributed by atoms with van der Waals surface area (Å²) in [5.74, 6) is 7.30. The second kappa shape index (κ2) is 8.31. The zero-order valence-electron chi connectivity index (χ0n) is 17.2. The van der Waals surface area contributed by atoms with Gasteiger partial charge in [-0.2, -0.15) is 0 Å². The average molecular weight is 389 g/mol. The van der Waals surface area contributed by atoms with Crippen LogP contribution in [0.3, 0.4) is 0 Å². The van der Waals surface area contributed by atoms with E-state index in [1.54, 1.807) is 0 Å². The molecule has 0 N–H and O–H groups in total. The molecular formula is C25H27NO3. The molecule has 1 aliphatic heterocycles. The van der Waals surface area contributed by atoms with Crippen molar-refractivity contribution in [3.8, 4) is 17.6 Å². The predicted molar refractivity (Wildman–Crippen MR) is 113 cm³/mol. The van der Waals surface area contributed by atoms with Crippen LogP contribution in [0.25, 0.3) is 0 Å². The molecule has 0 atom stereocenters. The molecule has 4 heteroatoms. The molecule has 0 bridgehead atoms. The Morgan fingerprint density at radius 2 is 1.76 bits per heavy atom. The Morgan fingerprint density at radius 3 is 2.45 bits per heavy atom. The number of nitrogens with zero attached hydrogens (tertiary/aromatic N) is 1. The van der Waals surface area contributed by atoms with Crippen molar-refractivity contribution >= 4 is 5.97 Å². The summed E-state index contributed by atoms with van der Waals surface area (Å²) < 4.78 is 10.6. The fourth-order valence-corrected chi connectivity index (χ4v) is 4.12. The number of carbonyl (C=O) groups excluding carboxylic acids is 1. The zero-order chi connectivity index (χ0) is 20.3. The van der Waals surface area contributed by atoms with Crippen molar-refractivity contribution in [2.24, 2.45) is 0 Å². The van der Waals surface area contributed by atoms with Crippen LogP contribution in [-0.2, 0) is 21.5 Å². The quantitative estimate of drug-likeness (QED) is 0.574. The third-order valence-electron chi connectivity index (χ3n) is 5.63. The van der Waals surface area contributed by atoms with E-state index < -0.39 is 0 Å². The molecule has 0 unspecified atom stereocenters. The fraction of sp³-hybridized carbons (Fsp3) is 0.400. The lowest BCUT2D eigenvalue weighted by Crippen LogP contribution is -2.41. The number of ether oxygens (including phenoxy) is 2. The van der Waals surface area contributed by atoms with E-state index in [0.717, 1.165) is 30.0 Å². The lowest BCUT2D eigenvalue weighted by atomic mass is 9.85. The van der Waals surface area contributed by atoms with Crippen molar-refractivity contribution in [3.63, 3.8) is 0 Å². The van der Waals surface area contributed by atoms with Crippen LogP contribution in [0.2, 0.25) is 0 Å². The summed E-state index contributed by atoms with van der Waals surface area (Å²) in [7, 11) is 0. The van der Waals surface area contributed by atoms with Crippen LogP contribution >= 0.6 is 0 Å². The highest BCUT2D eigenvalue weighted by Gasteiger charge is 2.49. The van der Waals surface area contributed by atoms with Crippen molar-refractivity contribution in [2.45, 2.75) is 38.6 Å². The van der Waals surface area contributed by atoms with Crippen LogP contribution in [0, 0.1) is 11.8 Å². The van der Waals surface area contributed by atoms with E-state index >= 15 is 0 Å². The molecule has 4 nitrogen and oxygen atoms in total. The van der Waals surface area contributed by atoms with Crippen LogP contribution in [0.15, 0.2) is 42.5 Å². The van der Waals surface area contributed by atoms with Gasteiger partial charge in [-0.3, -0.25) is 9.69 Å². The predicted octanol–water partition coefficient (Wildman–Crippen LogP) is 3.90. The number of hydrogen-bond acceptors (Lipinski definition) is 4. The van der Waals surface area contributed by atoms with Crippen molar-refractivity contribution in [1.82, 2.24) is 4.90 Å². The van der Waals surface area contributed by atoms with Crippen LogP contribution in [0.1, 0.15) is 48.9 Å². The average Bonchev–Trinajstić information content (AvgIpc) is 3.48. The Labute approximate surface area is 172 Å². The van der Waals surface area contributed by atoms with Gasteiger partial charge in [-0.25, -0.2) is 0 Å². The first kappa shape index (κ1) is 19.5. The maximum Gasteiger partial charge on any atom is 0.320 e. The summed E-state index contributed by atoms with van der Waals surface area (Å²) in [6.07, 6.45) is 2.35. The minimum Gasteiger partial charge on any atom is -0.494 e. The Balaban J connectivity index is 1.50. The van der Waals surface area contributed by atoms with E-state index in [1.165, 1.54) is 24.0 Å². The van der Waals surface area contributed by atoms with Gasteiger partial charge >= 0.3 is 5.97 Å². The van der Waals surface area contributed by atoms with Gasteiger partial charge in [-0.15, -0.1) is 0 Å². The molecule has 2 aliphatic rings. The van der Waals surface area contributed by atoms with Gasteiger partial charge in [-0.05, 0) is 74.2 Å². The molecule has 0 amide bonds. The molecule has 0 radical (unpaired) electrons. The first-order chi connectivity index (χ1) is 14.1. The zero-order valence-corrected chi connectivity index (χ0v) is 17.2. The summed E-state index contributed by atoms with van der Waals surface area (Å²) in [5.41, 5.74) is 4.94. The summed E-state index contributed by atoms with van der Waals surface area (Å²) >= 11 is 0. The molecule has 1 saturated carbocycles. The number of rotatable bonds is 5. The van der Waals surface area contributed by atoms with Gasteiger partial charge in [-0.1, -0.05) is 17.9 Å². The van der Waals surface area contributed by atoms with E-state index in [4.69, 9.17) is 9.47 Å². The second-order valence-electron chi connectivity index (χ2n) is 7.81. The summed E-state index contributed by atoms with van der Waals surface area (Å²) in [6.45, 7) is 7.02. The van der Waals surface area contributed by atoms with Crippen LogP contribution < -0.4 is 4.74 Å². The van der Waals surface area contributed by atoms with Gasteiger partial charge in [0.2, 0.25) is 0 Å². The molecule has 4 rings (SSSR count). The monoisotopic (exact) mass is 389 g/mol. The highest BCUT2D eigenvalue weighted by Crippen LogP contribution is 2.52. The maximum absolute atomic E-state index is 11.9. The number of fused-ring (bicyclic) bond motifs is 2. The molecule has 1 heterocycles. The van der Waals surface area contributed by atoms with Gasteiger partial charge in [0.15, 0.2) is 0 Å². The van der Waals surface area contributed by atoms with E-state index in [2.05, 4.69) is 34.9 Å². The standard InChI is InChI=1S/C25H27NO3/c1-3-28-22-11-8-19(9-12-22)5-6-20-7-10-21-16-26(17-24(27)29-4-2)18-25(13-14-25)23(21)15-20/h7-12,15H,3-4,13-14,16-18H2,1-2H3. The Morgan fingerprint density at radius 1 is 1.03 bits per heavy atom. The first-order valence-corrected chi connectivity index (χ1v) is 10.4. The maximum atomic E-state index is 11.9. The van der Waals surface area contributed by atoms with Gasteiger partial charge in [0.25, 0.3) is 0 Å². The second-order valence-corrected chi connectivity index (χ2v) is 7.81. The third-order valence-corrected chi connectivity index (χ3v) is 5.63. The number of carbonyl (C=O) groups is 1. The van der Waals surface area contributed by atoms with Crippen molar-refractivity contribution in [3.05, 3.63) is 64.7 Å². The Kier molecular flexibility index (Phi) is 5.60. The molecule has 150 valence electrons. The number of hydrogen-bond donors (Lipinski definition) is 0. The molecule has 29 heavy (non-hydrogen) atoms. The van der Waals surface area contributed by atoms with E-state index in [-0.39, 0.29) is 11.4 Å². The molecule has 2 aromatic carbocycles. The number of esters is 1. The lowest BCUT2D eigenvalue weighted by molar-refractivity contribution is -0.144. The van der Waals surface area contributed by atoms with Gasteiger partial charge in [0.1, 0.15) is 5.75 Å². The molecule has 1 aliphatic carbocycles. The highest BCUT2D eigenvalue weighted by molar-refractivity contribution is 5.71. The van der Waals surface area contributed by atoms with Crippen LogP contribution in [0.5, 0.6) is 5.75 Å². The highest BCUT2D eigenvalue weighted by atomic mass is 16.5. The minimum absolute atomic E-state index is 0.135. The lowest BCUT2D eigenvalue weighted by Gasteiger charge is -2.34. The van der Waals surface area contributed by atoms with Gasteiger partial charge in [0.05, 0.1) is 19.8 Å². The fourth-order valence-electron chi connectivity index (χ4n) is 4.12. The first-order valence-electron chi connectivity index (χ1n) is 10.4. The van der Waals surface area contributed by atoms with Gasteiger partial charge < -0.3 is 9.47 Å². The van der Waals surface area contributed by atoms with Crippen molar-refractivity contribution in [1.29, 1.82) is 0 Å². The van der Waals surface area contributed by atoms with Gasteiger partial charge in [0, 0.05) is 29.6 Å². The van der Waals surface area contributed by atoms with Crippen LogP contribution in [-0.4, -0.2) is 37.2 Å². The van der Waals surface area contributed by atoms with E-state index in [0.29, 0.717) is 19.8 Å². The Hall–Kier alpha value is -2.77. The molecule has 0 aromatic heterocycles. The normalized spacial score (nSPS) is 16.5. The van der Waals surface area contributed by atoms with Crippen molar-refractivity contribution in [2.75, 3.05) is 26.3 Å². The molecule has 0 saturated heterocycles. The minimum atomic E-state index is -0.135.